The largest absolute Gasteiger partial charge is 0.387 e. The predicted molar refractivity (Wildman–Crippen MR) is 51.0 cm³/mol. The average Bonchev–Trinajstić information content (AvgIpc) is 2.78. The van der Waals surface area contributed by atoms with Gasteiger partial charge in [-0.1, -0.05) is 5.16 Å². The van der Waals surface area contributed by atoms with Crippen molar-refractivity contribution in [3.63, 3.8) is 0 Å². The van der Waals surface area contributed by atoms with Crippen LogP contribution in [0.2, 0.25) is 0 Å². The topological polar surface area (TPSA) is 84.9 Å². The maximum Gasteiger partial charge on any atom is 0.264 e. The highest BCUT2D eigenvalue weighted by atomic mass is 19.3. The first-order chi connectivity index (χ1) is 8.16. The molecule has 0 aromatic carbocycles. The lowest BCUT2D eigenvalue weighted by molar-refractivity contribution is -0.00754. The predicted octanol–water partition coefficient (Wildman–Crippen LogP) is 0.695. The van der Waals surface area contributed by atoms with Crippen LogP contribution < -0.4 is 0 Å². The van der Waals surface area contributed by atoms with Gasteiger partial charge in [-0.15, -0.1) is 0 Å². The van der Waals surface area contributed by atoms with Gasteiger partial charge in [-0.25, -0.2) is 13.8 Å². The van der Waals surface area contributed by atoms with Crippen LogP contribution in [0.4, 0.5) is 8.78 Å². The molecule has 2 rings (SSSR count). The van der Waals surface area contributed by atoms with Crippen molar-refractivity contribution in [2.75, 3.05) is 0 Å². The highest BCUT2D eigenvalue weighted by molar-refractivity contribution is 5.45. The second kappa shape index (κ2) is 4.91. The van der Waals surface area contributed by atoms with Gasteiger partial charge in [-0.3, -0.25) is 4.98 Å². The Kier molecular flexibility index (Phi) is 3.33. The van der Waals surface area contributed by atoms with Crippen LogP contribution in [0.25, 0.3) is 11.5 Å². The van der Waals surface area contributed by atoms with Gasteiger partial charge in [0.15, 0.2) is 0 Å². The summed E-state index contributed by atoms with van der Waals surface area (Å²) in [6.45, 7) is 0. The van der Waals surface area contributed by atoms with E-state index in [1.807, 2.05) is 0 Å². The van der Waals surface area contributed by atoms with E-state index in [-0.39, 0.29) is 11.7 Å². The third-order valence-electron chi connectivity index (χ3n) is 1.93. The molecule has 1 N–H and O–H groups in total. The Hall–Kier alpha value is -1.96. The number of alkyl halides is 2. The molecule has 0 aliphatic carbocycles. The van der Waals surface area contributed by atoms with Crippen molar-refractivity contribution in [3.8, 4) is 11.5 Å². The zero-order valence-electron chi connectivity index (χ0n) is 8.49. The van der Waals surface area contributed by atoms with Crippen molar-refractivity contribution in [1.29, 1.82) is 0 Å². The quantitative estimate of drug-likeness (QED) is 0.849. The summed E-state index contributed by atoms with van der Waals surface area (Å²) in [5, 5.41) is 12.5. The minimum atomic E-state index is -2.85. The SMILES string of the molecule is OC(Cc1nc(-c2cnccn2)no1)C(F)F. The highest BCUT2D eigenvalue weighted by Crippen LogP contribution is 2.13. The molecule has 8 heteroatoms. The number of halogens is 2. The van der Waals surface area contributed by atoms with Gasteiger partial charge in [0.25, 0.3) is 6.43 Å². The van der Waals surface area contributed by atoms with Crippen LogP contribution in [0.15, 0.2) is 23.1 Å². The van der Waals surface area contributed by atoms with Gasteiger partial charge < -0.3 is 9.63 Å². The molecule has 0 radical (unpaired) electrons. The van der Waals surface area contributed by atoms with E-state index in [0.29, 0.717) is 5.69 Å². The van der Waals surface area contributed by atoms with Crippen LogP contribution in [0.3, 0.4) is 0 Å². The summed E-state index contributed by atoms with van der Waals surface area (Å²) in [7, 11) is 0. The van der Waals surface area contributed by atoms with E-state index in [4.69, 9.17) is 9.63 Å². The van der Waals surface area contributed by atoms with Crippen LogP contribution in [0.1, 0.15) is 5.89 Å². The summed E-state index contributed by atoms with van der Waals surface area (Å²) < 4.78 is 28.9. The van der Waals surface area contributed by atoms with E-state index in [0.717, 1.165) is 0 Å². The molecule has 2 aromatic heterocycles. The van der Waals surface area contributed by atoms with Gasteiger partial charge in [-0.05, 0) is 0 Å². The monoisotopic (exact) mass is 242 g/mol. The molecule has 0 aliphatic heterocycles. The van der Waals surface area contributed by atoms with Gasteiger partial charge in [0.2, 0.25) is 11.7 Å². The van der Waals surface area contributed by atoms with E-state index >= 15 is 0 Å². The molecule has 0 fully saturated rings. The number of aromatic nitrogens is 4. The molecule has 17 heavy (non-hydrogen) atoms. The fourth-order valence-corrected chi connectivity index (χ4v) is 1.12. The molecule has 0 aliphatic rings. The molecule has 2 aromatic rings. The summed E-state index contributed by atoms with van der Waals surface area (Å²) in [6, 6.07) is 0. The number of hydrogen-bond donors (Lipinski definition) is 1. The average molecular weight is 242 g/mol. The van der Waals surface area contributed by atoms with Gasteiger partial charge in [0, 0.05) is 12.4 Å². The first-order valence-electron chi connectivity index (χ1n) is 4.72. The van der Waals surface area contributed by atoms with Crippen molar-refractivity contribution in [2.24, 2.45) is 0 Å². The number of aliphatic hydroxyl groups is 1. The summed E-state index contributed by atoms with van der Waals surface area (Å²) in [5.74, 6) is 0.0769. The van der Waals surface area contributed by atoms with Crippen LogP contribution in [-0.2, 0) is 6.42 Å². The van der Waals surface area contributed by atoms with Crippen LogP contribution in [-0.4, -0.2) is 37.7 Å². The second-order valence-corrected chi connectivity index (χ2v) is 3.21. The number of aliphatic hydroxyl groups excluding tert-OH is 1. The third-order valence-corrected chi connectivity index (χ3v) is 1.93. The van der Waals surface area contributed by atoms with Crippen LogP contribution in [0.5, 0.6) is 0 Å². The molecule has 0 spiro atoms. The minimum Gasteiger partial charge on any atom is -0.387 e. The van der Waals surface area contributed by atoms with E-state index in [9.17, 15) is 8.78 Å². The molecule has 0 saturated heterocycles. The number of rotatable bonds is 4. The van der Waals surface area contributed by atoms with E-state index < -0.39 is 19.0 Å². The molecular formula is C9H8F2N4O2. The molecule has 2 heterocycles. The fourth-order valence-electron chi connectivity index (χ4n) is 1.12. The zero-order valence-corrected chi connectivity index (χ0v) is 8.49. The fraction of sp³-hybridized carbons (Fsp3) is 0.333. The third kappa shape index (κ3) is 2.78. The van der Waals surface area contributed by atoms with Crippen LogP contribution >= 0.6 is 0 Å². The lowest BCUT2D eigenvalue weighted by Gasteiger charge is -2.04. The molecular weight excluding hydrogens is 234 g/mol. The maximum absolute atomic E-state index is 12.1. The van der Waals surface area contributed by atoms with Crippen molar-refractivity contribution in [1.82, 2.24) is 20.1 Å². The molecule has 90 valence electrons. The summed E-state index contributed by atoms with van der Waals surface area (Å²) >= 11 is 0. The summed E-state index contributed by atoms with van der Waals surface area (Å²) in [5.41, 5.74) is 0.369. The molecule has 1 unspecified atom stereocenters. The van der Waals surface area contributed by atoms with Gasteiger partial charge in [0.05, 0.1) is 12.6 Å². The van der Waals surface area contributed by atoms with Gasteiger partial charge >= 0.3 is 0 Å². The van der Waals surface area contributed by atoms with Crippen molar-refractivity contribution >= 4 is 0 Å². The Balaban J connectivity index is 2.12. The highest BCUT2D eigenvalue weighted by Gasteiger charge is 2.21. The molecule has 0 amide bonds. The van der Waals surface area contributed by atoms with E-state index in [1.165, 1.54) is 18.6 Å². The van der Waals surface area contributed by atoms with Crippen molar-refractivity contribution in [2.45, 2.75) is 19.0 Å². The molecule has 1 atom stereocenters. The molecule has 0 saturated carbocycles. The normalized spacial score (nSPS) is 12.9. The number of nitrogens with zero attached hydrogens (tertiary/aromatic N) is 4. The van der Waals surface area contributed by atoms with Gasteiger partial charge in [-0.2, -0.15) is 4.98 Å². The maximum atomic E-state index is 12.1. The molecule has 6 nitrogen and oxygen atoms in total. The standard InChI is InChI=1S/C9H8F2N4O2/c10-8(11)6(16)3-7-14-9(15-17-7)5-4-12-1-2-13-5/h1-2,4,6,8,16H,3H2. The molecule has 0 bridgehead atoms. The smallest absolute Gasteiger partial charge is 0.264 e. The first-order valence-corrected chi connectivity index (χ1v) is 4.72. The second-order valence-electron chi connectivity index (χ2n) is 3.21. The number of hydrogen-bond acceptors (Lipinski definition) is 6. The van der Waals surface area contributed by atoms with Crippen LogP contribution in [0, 0.1) is 0 Å². The lowest BCUT2D eigenvalue weighted by atomic mass is 10.2. The Morgan fingerprint density at radius 1 is 1.35 bits per heavy atom. The lowest BCUT2D eigenvalue weighted by Crippen LogP contribution is -2.20. The Morgan fingerprint density at radius 2 is 2.18 bits per heavy atom. The van der Waals surface area contributed by atoms with E-state index in [1.54, 1.807) is 0 Å². The van der Waals surface area contributed by atoms with Crippen molar-refractivity contribution in [3.05, 3.63) is 24.5 Å². The van der Waals surface area contributed by atoms with Crippen molar-refractivity contribution < 1.29 is 18.4 Å². The van der Waals surface area contributed by atoms with Gasteiger partial charge in [0.1, 0.15) is 11.8 Å². The zero-order chi connectivity index (χ0) is 12.3. The Bertz CT molecular complexity index is 477. The Morgan fingerprint density at radius 3 is 2.82 bits per heavy atom. The first kappa shape index (κ1) is 11.5. The summed E-state index contributed by atoms with van der Waals surface area (Å²) in [4.78, 5) is 11.6. The Labute approximate surface area is 94.3 Å². The van der Waals surface area contributed by atoms with E-state index in [2.05, 4.69) is 20.1 Å². The minimum absolute atomic E-state index is 0.0709. The summed E-state index contributed by atoms with van der Waals surface area (Å²) in [6.07, 6.45) is -0.722.